The number of hydrogen-bond donors (Lipinski definition) is 1. The van der Waals surface area contributed by atoms with Gasteiger partial charge in [-0.15, -0.1) is 0 Å². The van der Waals surface area contributed by atoms with Gasteiger partial charge in [-0.25, -0.2) is 0 Å². The van der Waals surface area contributed by atoms with E-state index in [1.54, 1.807) is 0 Å². The number of para-hydroxylation sites is 1. The van der Waals surface area contributed by atoms with E-state index in [4.69, 9.17) is 4.74 Å². The monoisotopic (exact) mass is 245 g/mol. The molecule has 0 saturated carbocycles. The summed E-state index contributed by atoms with van der Waals surface area (Å²) >= 11 is 0. The van der Waals surface area contributed by atoms with Gasteiger partial charge in [0.1, 0.15) is 11.4 Å². The van der Waals surface area contributed by atoms with E-state index < -0.39 is 5.60 Å². The zero-order chi connectivity index (χ0) is 13.6. The van der Waals surface area contributed by atoms with Crippen molar-refractivity contribution in [2.24, 2.45) is 0 Å². The van der Waals surface area contributed by atoms with Gasteiger partial charge in [0.15, 0.2) is 0 Å². The first-order valence-corrected chi connectivity index (χ1v) is 6.36. The quantitative estimate of drug-likeness (QED) is 0.790. The summed E-state index contributed by atoms with van der Waals surface area (Å²) in [4.78, 5) is 0. The van der Waals surface area contributed by atoms with Crippen molar-refractivity contribution < 1.29 is 4.74 Å². The van der Waals surface area contributed by atoms with Crippen LogP contribution in [-0.2, 0) is 0 Å². The summed E-state index contributed by atoms with van der Waals surface area (Å²) in [6, 6.07) is 7.74. The molecule has 1 rings (SSSR count). The molecule has 0 aliphatic carbocycles. The Morgan fingerprint density at radius 3 is 2.61 bits per heavy atom. The van der Waals surface area contributed by atoms with Crippen molar-refractivity contribution in [3.05, 3.63) is 56.0 Å². The SMILES string of the molecule is [CH2]CC(C)(Oc1ccccc1[CH2])C(=C)NCCC. The van der Waals surface area contributed by atoms with Crippen LogP contribution in [0, 0.1) is 13.8 Å². The van der Waals surface area contributed by atoms with Gasteiger partial charge in [-0.3, -0.25) is 0 Å². The molecule has 0 bridgehead atoms. The lowest BCUT2D eigenvalue weighted by Crippen LogP contribution is -2.40. The Bertz CT molecular complexity index is 400. The highest BCUT2D eigenvalue weighted by atomic mass is 16.5. The minimum absolute atomic E-state index is 0.511. The number of ether oxygens (including phenoxy) is 1. The third-order valence-corrected chi connectivity index (χ3v) is 3.01. The van der Waals surface area contributed by atoms with Crippen LogP contribution in [0.15, 0.2) is 36.5 Å². The molecule has 0 aliphatic heterocycles. The number of nitrogens with one attached hydrogen (secondary N) is 1. The van der Waals surface area contributed by atoms with Crippen LogP contribution >= 0.6 is 0 Å². The van der Waals surface area contributed by atoms with Crippen LogP contribution in [0.4, 0.5) is 0 Å². The highest BCUT2D eigenvalue weighted by Crippen LogP contribution is 2.28. The van der Waals surface area contributed by atoms with Crippen molar-refractivity contribution >= 4 is 0 Å². The highest BCUT2D eigenvalue weighted by molar-refractivity contribution is 5.36. The molecule has 0 spiro atoms. The van der Waals surface area contributed by atoms with Gasteiger partial charge in [0.2, 0.25) is 0 Å². The fraction of sp³-hybridized carbons (Fsp3) is 0.375. The summed E-state index contributed by atoms with van der Waals surface area (Å²) in [5.41, 5.74) is 1.23. The molecule has 2 radical (unpaired) electrons. The van der Waals surface area contributed by atoms with Crippen LogP contribution in [0.1, 0.15) is 32.3 Å². The Morgan fingerprint density at radius 1 is 1.39 bits per heavy atom. The maximum atomic E-state index is 6.05. The molecule has 0 aromatic heterocycles. The van der Waals surface area contributed by atoms with E-state index in [0.717, 1.165) is 30.0 Å². The summed E-state index contributed by atoms with van der Waals surface area (Å²) in [6.45, 7) is 17.0. The Morgan fingerprint density at radius 2 is 2.06 bits per heavy atom. The molecule has 2 heteroatoms. The fourth-order valence-electron chi connectivity index (χ4n) is 1.57. The second-order valence-electron chi connectivity index (χ2n) is 4.60. The van der Waals surface area contributed by atoms with Gasteiger partial charge < -0.3 is 10.1 Å². The molecule has 0 aliphatic rings. The second-order valence-corrected chi connectivity index (χ2v) is 4.60. The van der Waals surface area contributed by atoms with Gasteiger partial charge in [0, 0.05) is 12.2 Å². The topological polar surface area (TPSA) is 21.3 Å². The predicted molar refractivity (Wildman–Crippen MR) is 77.3 cm³/mol. The minimum Gasteiger partial charge on any atom is -0.481 e. The van der Waals surface area contributed by atoms with E-state index in [9.17, 15) is 0 Å². The Labute approximate surface area is 111 Å². The van der Waals surface area contributed by atoms with Gasteiger partial charge >= 0.3 is 0 Å². The van der Waals surface area contributed by atoms with E-state index in [2.05, 4.69) is 32.7 Å². The lowest BCUT2D eigenvalue weighted by Gasteiger charge is -2.32. The molecule has 2 nitrogen and oxygen atoms in total. The van der Waals surface area contributed by atoms with Crippen LogP contribution in [0.25, 0.3) is 0 Å². The first kappa shape index (κ1) is 14.6. The number of rotatable bonds is 7. The first-order valence-electron chi connectivity index (χ1n) is 6.36. The third-order valence-electron chi connectivity index (χ3n) is 3.01. The average molecular weight is 245 g/mol. The zero-order valence-electron chi connectivity index (χ0n) is 11.5. The van der Waals surface area contributed by atoms with Crippen molar-refractivity contribution in [2.75, 3.05) is 6.54 Å². The van der Waals surface area contributed by atoms with Gasteiger partial charge in [-0.1, -0.05) is 31.7 Å². The minimum atomic E-state index is -0.511. The van der Waals surface area contributed by atoms with E-state index in [-0.39, 0.29) is 0 Å². The third kappa shape index (κ3) is 3.52. The molecule has 0 heterocycles. The molecule has 1 N–H and O–H groups in total. The van der Waals surface area contributed by atoms with Crippen molar-refractivity contribution in [1.29, 1.82) is 0 Å². The molecule has 0 saturated heterocycles. The second kappa shape index (κ2) is 6.48. The summed E-state index contributed by atoms with van der Waals surface area (Å²) in [5, 5.41) is 3.28. The lowest BCUT2D eigenvalue weighted by molar-refractivity contribution is 0.122. The summed E-state index contributed by atoms with van der Waals surface area (Å²) in [5.74, 6) is 0.781. The van der Waals surface area contributed by atoms with Crippen LogP contribution in [-0.4, -0.2) is 12.1 Å². The number of benzene rings is 1. The van der Waals surface area contributed by atoms with E-state index in [1.165, 1.54) is 0 Å². The van der Waals surface area contributed by atoms with Crippen LogP contribution < -0.4 is 10.1 Å². The van der Waals surface area contributed by atoms with E-state index in [1.807, 2.05) is 31.2 Å². The lowest BCUT2D eigenvalue weighted by atomic mass is 9.99. The average Bonchev–Trinajstić information content (AvgIpc) is 2.38. The Kier molecular flexibility index (Phi) is 5.26. The van der Waals surface area contributed by atoms with Crippen LogP contribution in [0.5, 0.6) is 5.75 Å². The molecule has 98 valence electrons. The standard InChI is InChI=1S/C16H23NO/c1-6-12-17-14(4)16(5,7-2)18-15-11-9-8-10-13(15)3/h8-11,17H,2-4,6-7,12H2,1,5H3. The maximum Gasteiger partial charge on any atom is 0.145 e. The highest BCUT2D eigenvalue weighted by Gasteiger charge is 2.28. The summed E-state index contributed by atoms with van der Waals surface area (Å²) in [7, 11) is 0. The van der Waals surface area contributed by atoms with Crippen molar-refractivity contribution in [3.63, 3.8) is 0 Å². The Hall–Kier alpha value is -1.44. The van der Waals surface area contributed by atoms with Crippen molar-refractivity contribution in [2.45, 2.75) is 32.3 Å². The largest absolute Gasteiger partial charge is 0.481 e. The molecule has 1 aromatic rings. The molecule has 1 unspecified atom stereocenters. The molecule has 1 aromatic carbocycles. The number of hydrogen-bond acceptors (Lipinski definition) is 2. The maximum absolute atomic E-state index is 6.05. The molecular weight excluding hydrogens is 222 g/mol. The normalized spacial score (nSPS) is 13.8. The molecule has 18 heavy (non-hydrogen) atoms. The van der Waals surface area contributed by atoms with Crippen LogP contribution in [0.2, 0.25) is 0 Å². The summed E-state index contributed by atoms with van der Waals surface area (Å²) in [6.07, 6.45) is 1.66. The molecule has 0 fully saturated rings. The van der Waals surface area contributed by atoms with Gasteiger partial charge in [0.25, 0.3) is 0 Å². The Balaban J connectivity index is 2.82. The van der Waals surface area contributed by atoms with Crippen molar-refractivity contribution in [3.8, 4) is 5.75 Å². The van der Waals surface area contributed by atoms with E-state index >= 15 is 0 Å². The zero-order valence-corrected chi connectivity index (χ0v) is 11.5. The van der Waals surface area contributed by atoms with Gasteiger partial charge in [-0.2, -0.15) is 0 Å². The molecule has 1 atom stereocenters. The molecule has 0 amide bonds. The molecular formula is C16H23NO. The van der Waals surface area contributed by atoms with Crippen molar-refractivity contribution in [1.82, 2.24) is 5.32 Å². The fourth-order valence-corrected chi connectivity index (χ4v) is 1.57. The first-order chi connectivity index (χ1) is 8.53. The van der Waals surface area contributed by atoms with E-state index in [0.29, 0.717) is 6.42 Å². The summed E-state index contributed by atoms with van der Waals surface area (Å²) < 4.78 is 6.05. The smallest absolute Gasteiger partial charge is 0.145 e. The van der Waals surface area contributed by atoms with Gasteiger partial charge in [0.05, 0.1) is 0 Å². The van der Waals surface area contributed by atoms with Crippen LogP contribution in [0.3, 0.4) is 0 Å². The van der Waals surface area contributed by atoms with Gasteiger partial charge in [-0.05, 0) is 45.2 Å². The predicted octanol–water partition coefficient (Wildman–Crippen LogP) is 3.74.